The maximum Gasteiger partial charge on any atom is 0.124 e. The minimum Gasteiger partial charge on any atom is -0.324 e. The zero-order chi connectivity index (χ0) is 12.4. The number of rotatable bonds is 4. The molecule has 0 aliphatic carbocycles. The highest BCUT2D eigenvalue weighted by molar-refractivity contribution is 5.77. The number of nitrogens with zero attached hydrogens (tertiary/aromatic N) is 2. The first-order valence-corrected chi connectivity index (χ1v) is 6.31. The largest absolute Gasteiger partial charge is 0.324 e. The Morgan fingerprint density at radius 3 is 2.76 bits per heavy atom. The van der Waals surface area contributed by atoms with Gasteiger partial charge in [0, 0.05) is 6.04 Å². The van der Waals surface area contributed by atoms with Crippen molar-refractivity contribution < 1.29 is 0 Å². The molecule has 3 nitrogen and oxygen atoms in total. The third-order valence-electron chi connectivity index (χ3n) is 2.97. The van der Waals surface area contributed by atoms with Crippen LogP contribution in [0.3, 0.4) is 0 Å². The zero-order valence-corrected chi connectivity index (χ0v) is 11.1. The number of fused-ring (bicyclic) bond motifs is 1. The number of hydrogen-bond acceptors (Lipinski definition) is 2. The van der Waals surface area contributed by atoms with Crippen LogP contribution in [0.2, 0.25) is 0 Å². The fourth-order valence-electron chi connectivity index (χ4n) is 2.20. The molecule has 0 saturated carbocycles. The summed E-state index contributed by atoms with van der Waals surface area (Å²) in [5.41, 5.74) is 3.60. The number of imidazole rings is 1. The normalized spacial score (nSPS) is 11.6. The van der Waals surface area contributed by atoms with Gasteiger partial charge in [-0.3, -0.25) is 0 Å². The predicted octanol–water partition coefficient (Wildman–Crippen LogP) is 3.04. The molecule has 0 atom stereocenters. The van der Waals surface area contributed by atoms with Crippen molar-refractivity contribution in [2.24, 2.45) is 0 Å². The monoisotopic (exact) mass is 231 g/mol. The zero-order valence-electron chi connectivity index (χ0n) is 11.1. The van der Waals surface area contributed by atoms with Gasteiger partial charge in [0.05, 0.1) is 17.6 Å². The van der Waals surface area contributed by atoms with Crippen molar-refractivity contribution in [1.29, 1.82) is 0 Å². The molecule has 0 amide bonds. The minimum atomic E-state index is 0.441. The third kappa shape index (κ3) is 2.34. The fraction of sp³-hybridized carbons (Fsp3) is 0.500. The Hall–Kier alpha value is -1.35. The molecule has 0 fully saturated rings. The van der Waals surface area contributed by atoms with Crippen LogP contribution in [0.15, 0.2) is 18.2 Å². The van der Waals surface area contributed by atoms with Crippen LogP contribution in [0, 0.1) is 6.92 Å². The van der Waals surface area contributed by atoms with Crippen molar-refractivity contribution in [3.8, 4) is 0 Å². The molecule has 0 radical (unpaired) electrons. The number of aryl methyl sites for hydroxylation is 1. The Kier molecular flexibility index (Phi) is 3.48. The quantitative estimate of drug-likeness (QED) is 0.876. The van der Waals surface area contributed by atoms with Crippen molar-refractivity contribution in [3.63, 3.8) is 0 Å². The SMILES string of the molecule is CCNCc1nc2cc(C)ccc2n1C(C)C. The molecule has 92 valence electrons. The standard InChI is InChI=1S/C14H21N3/c1-5-15-9-14-16-12-8-11(4)6-7-13(12)17(14)10(2)3/h6-8,10,15H,5,9H2,1-4H3. The Balaban J connectivity index is 2.53. The van der Waals surface area contributed by atoms with E-state index in [4.69, 9.17) is 4.98 Å². The first-order valence-electron chi connectivity index (χ1n) is 6.31. The van der Waals surface area contributed by atoms with E-state index in [0.717, 1.165) is 24.4 Å². The topological polar surface area (TPSA) is 29.9 Å². The summed E-state index contributed by atoms with van der Waals surface area (Å²) >= 11 is 0. The minimum absolute atomic E-state index is 0.441. The van der Waals surface area contributed by atoms with Crippen LogP contribution < -0.4 is 5.32 Å². The third-order valence-corrected chi connectivity index (χ3v) is 2.97. The Bertz CT molecular complexity index is 511. The summed E-state index contributed by atoms with van der Waals surface area (Å²) < 4.78 is 2.32. The molecule has 3 heteroatoms. The Labute approximate surface area is 103 Å². The highest BCUT2D eigenvalue weighted by Gasteiger charge is 2.12. The highest BCUT2D eigenvalue weighted by atomic mass is 15.1. The second-order valence-corrected chi connectivity index (χ2v) is 4.76. The number of aromatic nitrogens is 2. The molecule has 1 N–H and O–H groups in total. The van der Waals surface area contributed by atoms with Crippen LogP contribution >= 0.6 is 0 Å². The summed E-state index contributed by atoms with van der Waals surface area (Å²) in [5, 5.41) is 3.35. The summed E-state index contributed by atoms with van der Waals surface area (Å²) in [6.07, 6.45) is 0. The van der Waals surface area contributed by atoms with Gasteiger partial charge in [0.25, 0.3) is 0 Å². The Morgan fingerprint density at radius 1 is 1.35 bits per heavy atom. The van der Waals surface area contributed by atoms with E-state index < -0.39 is 0 Å². The van der Waals surface area contributed by atoms with Gasteiger partial charge in [-0.15, -0.1) is 0 Å². The molecule has 0 aliphatic heterocycles. The second kappa shape index (κ2) is 4.88. The molecule has 1 heterocycles. The van der Waals surface area contributed by atoms with Gasteiger partial charge < -0.3 is 9.88 Å². The molecular formula is C14H21N3. The van der Waals surface area contributed by atoms with Gasteiger partial charge in [0.2, 0.25) is 0 Å². The second-order valence-electron chi connectivity index (χ2n) is 4.76. The van der Waals surface area contributed by atoms with Crippen LogP contribution in [0.4, 0.5) is 0 Å². The van der Waals surface area contributed by atoms with E-state index in [1.807, 2.05) is 0 Å². The van der Waals surface area contributed by atoms with E-state index in [2.05, 4.69) is 55.8 Å². The van der Waals surface area contributed by atoms with Gasteiger partial charge in [0.15, 0.2) is 0 Å². The predicted molar refractivity (Wildman–Crippen MR) is 72.2 cm³/mol. The van der Waals surface area contributed by atoms with E-state index in [1.54, 1.807) is 0 Å². The number of nitrogens with one attached hydrogen (secondary N) is 1. The van der Waals surface area contributed by atoms with E-state index in [9.17, 15) is 0 Å². The fourth-order valence-corrected chi connectivity index (χ4v) is 2.20. The molecule has 2 rings (SSSR count). The van der Waals surface area contributed by atoms with E-state index in [0.29, 0.717) is 6.04 Å². The first-order chi connectivity index (χ1) is 8.13. The van der Waals surface area contributed by atoms with Gasteiger partial charge in [0.1, 0.15) is 5.82 Å². The van der Waals surface area contributed by atoms with Crippen LogP contribution in [-0.2, 0) is 6.54 Å². The smallest absolute Gasteiger partial charge is 0.124 e. The molecule has 0 aliphatic rings. The van der Waals surface area contributed by atoms with Crippen molar-refractivity contribution in [2.45, 2.75) is 40.3 Å². The van der Waals surface area contributed by atoms with E-state index >= 15 is 0 Å². The van der Waals surface area contributed by atoms with Gasteiger partial charge in [-0.05, 0) is 45.0 Å². The summed E-state index contributed by atoms with van der Waals surface area (Å²) in [6, 6.07) is 6.92. The van der Waals surface area contributed by atoms with E-state index in [1.165, 1.54) is 11.1 Å². The summed E-state index contributed by atoms with van der Waals surface area (Å²) in [6.45, 7) is 10.4. The lowest BCUT2D eigenvalue weighted by Crippen LogP contribution is -2.17. The van der Waals surface area contributed by atoms with Crippen LogP contribution in [0.5, 0.6) is 0 Å². The van der Waals surface area contributed by atoms with Crippen molar-refractivity contribution >= 4 is 11.0 Å². The van der Waals surface area contributed by atoms with Crippen molar-refractivity contribution in [2.75, 3.05) is 6.54 Å². The number of hydrogen-bond donors (Lipinski definition) is 1. The molecule has 0 unspecified atom stereocenters. The Morgan fingerprint density at radius 2 is 2.12 bits per heavy atom. The average Bonchev–Trinajstić information content (AvgIpc) is 2.63. The van der Waals surface area contributed by atoms with Gasteiger partial charge in [-0.2, -0.15) is 0 Å². The molecule has 0 bridgehead atoms. The molecule has 1 aromatic carbocycles. The molecular weight excluding hydrogens is 210 g/mol. The van der Waals surface area contributed by atoms with Crippen LogP contribution in [0.1, 0.15) is 38.2 Å². The summed E-state index contributed by atoms with van der Waals surface area (Å²) in [5.74, 6) is 1.13. The maximum atomic E-state index is 4.73. The lowest BCUT2D eigenvalue weighted by molar-refractivity contribution is 0.560. The average molecular weight is 231 g/mol. The van der Waals surface area contributed by atoms with Crippen molar-refractivity contribution in [1.82, 2.24) is 14.9 Å². The lowest BCUT2D eigenvalue weighted by atomic mass is 10.2. The molecule has 0 saturated heterocycles. The summed E-state index contributed by atoms with van der Waals surface area (Å²) in [7, 11) is 0. The molecule has 1 aromatic heterocycles. The van der Waals surface area contributed by atoms with Crippen LogP contribution in [0.25, 0.3) is 11.0 Å². The molecule has 2 aromatic rings. The van der Waals surface area contributed by atoms with Gasteiger partial charge in [-0.25, -0.2) is 4.98 Å². The first kappa shape index (κ1) is 12.1. The van der Waals surface area contributed by atoms with Gasteiger partial charge in [-0.1, -0.05) is 13.0 Å². The van der Waals surface area contributed by atoms with Gasteiger partial charge >= 0.3 is 0 Å². The maximum absolute atomic E-state index is 4.73. The number of benzene rings is 1. The summed E-state index contributed by atoms with van der Waals surface area (Å²) in [4.78, 5) is 4.73. The highest BCUT2D eigenvalue weighted by Crippen LogP contribution is 2.22. The molecule has 0 spiro atoms. The van der Waals surface area contributed by atoms with E-state index in [-0.39, 0.29) is 0 Å². The van der Waals surface area contributed by atoms with Crippen LogP contribution in [-0.4, -0.2) is 16.1 Å². The molecule has 17 heavy (non-hydrogen) atoms. The van der Waals surface area contributed by atoms with Crippen molar-refractivity contribution in [3.05, 3.63) is 29.6 Å². The lowest BCUT2D eigenvalue weighted by Gasteiger charge is -2.13.